The summed E-state index contributed by atoms with van der Waals surface area (Å²) in [6.07, 6.45) is 2.67. The van der Waals surface area contributed by atoms with Crippen LogP contribution in [0.15, 0.2) is 12.3 Å². The van der Waals surface area contributed by atoms with E-state index in [-0.39, 0.29) is 0 Å². The van der Waals surface area contributed by atoms with Gasteiger partial charge < -0.3 is 11.1 Å². The SMILES string of the molecule is CCCNc1nccc(C(N)=S)n1. The molecule has 0 amide bonds. The average molecular weight is 196 g/mol. The molecule has 1 aromatic rings. The van der Waals surface area contributed by atoms with Gasteiger partial charge in [0.15, 0.2) is 0 Å². The number of hydrogen-bond acceptors (Lipinski definition) is 4. The van der Waals surface area contributed by atoms with Crippen molar-refractivity contribution in [2.45, 2.75) is 13.3 Å². The van der Waals surface area contributed by atoms with Gasteiger partial charge in [-0.05, 0) is 12.5 Å². The maximum atomic E-state index is 5.42. The summed E-state index contributed by atoms with van der Waals surface area (Å²) in [4.78, 5) is 8.44. The second kappa shape index (κ2) is 4.71. The first-order chi connectivity index (χ1) is 6.24. The molecule has 0 aliphatic heterocycles. The highest BCUT2D eigenvalue weighted by Gasteiger charge is 1.99. The topological polar surface area (TPSA) is 63.8 Å². The molecule has 3 N–H and O–H groups in total. The van der Waals surface area contributed by atoms with Crippen LogP contribution in [0.3, 0.4) is 0 Å². The molecular weight excluding hydrogens is 184 g/mol. The molecule has 1 aromatic heterocycles. The monoisotopic (exact) mass is 196 g/mol. The maximum Gasteiger partial charge on any atom is 0.223 e. The molecule has 0 aliphatic rings. The zero-order chi connectivity index (χ0) is 9.68. The lowest BCUT2D eigenvalue weighted by Crippen LogP contribution is -2.13. The van der Waals surface area contributed by atoms with Crippen LogP contribution >= 0.6 is 12.2 Å². The van der Waals surface area contributed by atoms with E-state index < -0.39 is 0 Å². The largest absolute Gasteiger partial charge is 0.388 e. The molecule has 0 aromatic carbocycles. The Morgan fingerprint density at radius 3 is 3.08 bits per heavy atom. The Morgan fingerprint density at radius 2 is 2.46 bits per heavy atom. The van der Waals surface area contributed by atoms with Gasteiger partial charge in [0.2, 0.25) is 5.95 Å². The minimum absolute atomic E-state index is 0.293. The number of hydrogen-bond donors (Lipinski definition) is 2. The van der Waals surface area contributed by atoms with Crippen LogP contribution in [0.1, 0.15) is 19.0 Å². The van der Waals surface area contributed by atoms with Crippen LogP contribution in [0.5, 0.6) is 0 Å². The zero-order valence-electron chi connectivity index (χ0n) is 7.45. The summed E-state index contributed by atoms with van der Waals surface area (Å²) < 4.78 is 0. The van der Waals surface area contributed by atoms with Gasteiger partial charge in [0.25, 0.3) is 0 Å². The standard InChI is InChI=1S/C8H12N4S/c1-2-4-10-8-11-5-3-6(12-8)7(9)13/h3,5H,2,4H2,1H3,(H2,9,13)(H,10,11,12). The Bertz CT molecular complexity index is 300. The summed E-state index contributed by atoms with van der Waals surface area (Å²) in [6.45, 7) is 2.92. The minimum Gasteiger partial charge on any atom is -0.388 e. The second-order valence-corrected chi connectivity index (χ2v) is 3.00. The number of aromatic nitrogens is 2. The van der Waals surface area contributed by atoms with Gasteiger partial charge in [-0.3, -0.25) is 0 Å². The number of rotatable bonds is 4. The average Bonchev–Trinajstić information content (AvgIpc) is 2.15. The third-order valence-electron chi connectivity index (χ3n) is 1.44. The van der Waals surface area contributed by atoms with E-state index in [4.69, 9.17) is 18.0 Å². The molecule has 0 radical (unpaired) electrons. The van der Waals surface area contributed by atoms with E-state index in [2.05, 4.69) is 22.2 Å². The first-order valence-electron chi connectivity index (χ1n) is 4.10. The molecular formula is C8H12N4S. The Balaban J connectivity index is 2.73. The van der Waals surface area contributed by atoms with Crippen molar-refractivity contribution in [1.29, 1.82) is 0 Å². The van der Waals surface area contributed by atoms with E-state index in [0.29, 0.717) is 16.6 Å². The molecule has 0 unspecified atom stereocenters. The number of nitrogens with zero attached hydrogens (tertiary/aromatic N) is 2. The molecule has 13 heavy (non-hydrogen) atoms. The molecule has 0 bridgehead atoms. The summed E-state index contributed by atoms with van der Waals surface area (Å²) in [6, 6.07) is 1.69. The summed E-state index contributed by atoms with van der Waals surface area (Å²) in [7, 11) is 0. The Hall–Kier alpha value is -1.23. The molecule has 0 saturated carbocycles. The van der Waals surface area contributed by atoms with Crippen LogP contribution in [0.2, 0.25) is 0 Å². The molecule has 1 rings (SSSR count). The van der Waals surface area contributed by atoms with Gasteiger partial charge in [0.05, 0.1) is 0 Å². The number of nitrogens with two attached hydrogens (primary N) is 1. The Labute approximate surface area is 82.6 Å². The van der Waals surface area contributed by atoms with Crippen molar-refractivity contribution in [2.75, 3.05) is 11.9 Å². The molecule has 0 spiro atoms. The van der Waals surface area contributed by atoms with Gasteiger partial charge in [-0.15, -0.1) is 0 Å². The zero-order valence-corrected chi connectivity index (χ0v) is 8.27. The Morgan fingerprint density at radius 1 is 1.69 bits per heavy atom. The number of anilines is 1. The lowest BCUT2D eigenvalue weighted by atomic mass is 10.4. The maximum absolute atomic E-state index is 5.42. The predicted octanol–water partition coefficient (Wildman–Crippen LogP) is 0.933. The van der Waals surface area contributed by atoms with Crippen molar-refractivity contribution in [3.8, 4) is 0 Å². The van der Waals surface area contributed by atoms with Gasteiger partial charge in [-0.2, -0.15) is 0 Å². The van der Waals surface area contributed by atoms with Gasteiger partial charge >= 0.3 is 0 Å². The summed E-state index contributed by atoms with van der Waals surface area (Å²) in [5.74, 6) is 0.576. The fourth-order valence-corrected chi connectivity index (χ4v) is 0.932. The highest BCUT2D eigenvalue weighted by atomic mass is 32.1. The van der Waals surface area contributed by atoms with Gasteiger partial charge in [-0.25, -0.2) is 9.97 Å². The normalized spacial score (nSPS) is 9.62. The molecule has 1 heterocycles. The van der Waals surface area contributed by atoms with Crippen molar-refractivity contribution in [1.82, 2.24) is 9.97 Å². The van der Waals surface area contributed by atoms with E-state index in [9.17, 15) is 0 Å². The van der Waals surface area contributed by atoms with Crippen molar-refractivity contribution >= 4 is 23.2 Å². The molecule has 70 valence electrons. The van der Waals surface area contributed by atoms with E-state index in [0.717, 1.165) is 13.0 Å². The highest BCUT2D eigenvalue weighted by Crippen LogP contribution is 1.99. The highest BCUT2D eigenvalue weighted by molar-refractivity contribution is 7.80. The Kier molecular flexibility index (Phi) is 3.57. The molecule has 0 fully saturated rings. The second-order valence-electron chi connectivity index (χ2n) is 2.56. The fraction of sp³-hybridized carbons (Fsp3) is 0.375. The first-order valence-corrected chi connectivity index (χ1v) is 4.51. The first kappa shape index (κ1) is 9.85. The van der Waals surface area contributed by atoms with Crippen LogP contribution in [-0.4, -0.2) is 21.5 Å². The van der Waals surface area contributed by atoms with Crippen LogP contribution in [0.4, 0.5) is 5.95 Å². The van der Waals surface area contributed by atoms with Crippen molar-refractivity contribution < 1.29 is 0 Å². The smallest absolute Gasteiger partial charge is 0.223 e. The summed E-state index contributed by atoms with van der Waals surface area (Å²) in [5.41, 5.74) is 6.03. The van der Waals surface area contributed by atoms with E-state index in [1.807, 2.05) is 0 Å². The molecule has 0 aliphatic carbocycles. The van der Waals surface area contributed by atoms with Crippen LogP contribution in [0.25, 0.3) is 0 Å². The van der Waals surface area contributed by atoms with E-state index in [1.165, 1.54) is 0 Å². The lowest BCUT2D eigenvalue weighted by Gasteiger charge is -2.03. The van der Waals surface area contributed by atoms with Gasteiger partial charge in [-0.1, -0.05) is 19.1 Å². The third kappa shape index (κ3) is 2.95. The summed E-state index contributed by atoms with van der Waals surface area (Å²) >= 11 is 4.79. The molecule has 4 nitrogen and oxygen atoms in total. The van der Waals surface area contributed by atoms with Crippen molar-refractivity contribution in [3.05, 3.63) is 18.0 Å². The molecule has 5 heteroatoms. The van der Waals surface area contributed by atoms with Crippen LogP contribution in [0, 0.1) is 0 Å². The summed E-state index contributed by atoms with van der Waals surface area (Å²) in [5, 5.41) is 3.05. The number of thiocarbonyl (C=S) groups is 1. The number of nitrogens with one attached hydrogen (secondary N) is 1. The minimum atomic E-state index is 0.293. The molecule has 0 saturated heterocycles. The quantitative estimate of drug-likeness (QED) is 0.701. The van der Waals surface area contributed by atoms with Gasteiger partial charge in [0.1, 0.15) is 10.7 Å². The fourth-order valence-electron chi connectivity index (χ4n) is 0.818. The van der Waals surface area contributed by atoms with E-state index in [1.54, 1.807) is 12.3 Å². The van der Waals surface area contributed by atoms with Gasteiger partial charge in [0, 0.05) is 12.7 Å². The lowest BCUT2D eigenvalue weighted by molar-refractivity contribution is 0.951. The van der Waals surface area contributed by atoms with Crippen LogP contribution < -0.4 is 11.1 Å². The van der Waals surface area contributed by atoms with Crippen molar-refractivity contribution in [3.63, 3.8) is 0 Å². The molecule has 0 atom stereocenters. The van der Waals surface area contributed by atoms with E-state index >= 15 is 0 Å². The predicted molar refractivity (Wildman–Crippen MR) is 56.7 cm³/mol. The van der Waals surface area contributed by atoms with Crippen LogP contribution in [-0.2, 0) is 0 Å². The third-order valence-corrected chi connectivity index (χ3v) is 1.65. The van der Waals surface area contributed by atoms with Crippen molar-refractivity contribution in [2.24, 2.45) is 5.73 Å².